The van der Waals surface area contributed by atoms with Crippen LogP contribution >= 0.6 is 25.0 Å². The molecule has 0 heterocycles. The summed E-state index contributed by atoms with van der Waals surface area (Å²) in [6.45, 7) is 3.91. The summed E-state index contributed by atoms with van der Waals surface area (Å²) in [4.78, 5) is 11.3. The number of rotatable bonds is 2. The fourth-order valence-electron chi connectivity index (χ4n) is 1.17. The molecule has 0 saturated carbocycles. The van der Waals surface area contributed by atoms with E-state index < -0.39 is 0 Å². The molecule has 0 amide bonds. The summed E-state index contributed by atoms with van der Waals surface area (Å²) < 4.78 is 4.40. The monoisotopic (exact) mass is 214 g/mol. The number of aryl methyl sites for hydroxylation is 2. The first-order valence-electron chi connectivity index (χ1n) is 3.74. The van der Waals surface area contributed by atoms with E-state index in [1.54, 1.807) is 0 Å². The highest BCUT2D eigenvalue weighted by atomic mass is 32.2. The van der Waals surface area contributed by atoms with Crippen LogP contribution in [0.5, 0.6) is 0 Å². The van der Waals surface area contributed by atoms with Gasteiger partial charge in [0.2, 0.25) is 5.12 Å². The normalized spacial score (nSPS) is 10.1. The van der Waals surface area contributed by atoms with Crippen molar-refractivity contribution in [3.63, 3.8) is 0 Å². The van der Waals surface area contributed by atoms with Gasteiger partial charge in [0.15, 0.2) is 0 Å². The molecule has 0 radical (unpaired) electrons. The lowest BCUT2D eigenvalue weighted by Gasteiger charge is -2.01. The van der Waals surface area contributed by atoms with Crippen LogP contribution in [0.2, 0.25) is 0 Å². The number of carbonyl (C=O) groups is 1. The van der Waals surface area contributed by atoms with E-state index in [1.165, 1.54) is 0 Å². The lowest BCUT2D eigenvalue weighted by Crippen LogP contribution is -1.94. The fourth-order valence-corrected chi connectivity index (χ4v) is 1.66. The van der Waals surface area contributed by atoms with Gasteiger partial charge in [-0.25, -0.2) is 3.63 Å². The highest BCUT2D eigenvalue weighted by Gasteiger charge is 2.07. The molecule has 0 unspecified atom stereocenters. The number of carbonyl (C=O) groups excluding carboxylic acids is 1. The fraction of sp³-hybridized carbons (Fsp3) is 0.222. The standard InChI is InChI=1S/C9H10O2S2/c1-6-3-7(2)5-8(4-6)9(10)13-11-12/h3-5,12H,1-2H3. The van der Waals surface area contributed by atoms with Crippen molar-refractivity contribution in [2.24, 2.45) is 0 Å². The van der Waals surface area contributed by atoms with Crippen LogP contribution in [0, 0.1) is 13.8 Å². The zero-order valence-electron chi connectivity index (χ0n) is 7.40. The second-order valence-corrected chi connectivity index (χ2v) is 3.96. The molecule has 0 spiro atoms. The van der Waals surface area contributed by atoms with E-state index in [-0.39, 0.29) is 5.12 Å². The van der Waals surface area contributed by atoms with Gasteiger partial charge in [0.1, 0.15) is 0 Å². The van der Waals surface area contributed by atoms with E-state index in [0.29, 0.717) is 5.56 Å². The van der Waals surface area contributed by atoms with Crippen molar-refractivity contribution < 1.29 is 8.42 Å². The van der Waals surface area contributed by atoms with Gasteiger partial charge in [0, 0.05) is 5.56 Å². The Morgan fingerprint density at radius 2 is 1.85 bits per heavy atom. The van der Waals surface area contributed by atoms with Crippen LogP contribution in [0.25, 0.3) is 0 Å². The Hall–Kier alpha value is -0.450. The van der Waals surface area contributed by atoms with Crippen LogP contribution in [-0.2, 0) is 3.63 Å². The number of hydrogen-bond donors (Lipinski definition) is 1. The average molecular weight is 214 g/mol. The molecule has 0 aliphatic carbocycles. The van der Waals surface area contributed by atoms with Gasteiger partial charge >= 0.3 is 0 Å². The van der Waals surface area contributed by atoms with Crippen molar-refractivity contribution in [1.29, 1.82) is 0 Å². The summed E-state index contributed by atoms with van der Waals surface area (Å²) in [5.74, 6) is 0. The Kier molecular flexibility index (Phi) is 3.84. The van der Waals surface area contributed by atoms with Crippen LogP contribution < -0.4 is 0 Å². The third-order valence-electron chi connectivity index (χ3n) is 1.57. The molecule has 0 bridgehead atoms. The Bertz CT molecular complexity index is 303. The topological polar surface area (TPSA) is 26.3 Å². The van der Waals surface area contributed by atoms with E-state index in [4.69, 9.17) is 0 Å². The maximum atomic E-state index is 11.3. The Morgan fingerprint density at radius 3 is 2.31 bits per heavy atom. The molecule has 0 saturated heterocycles. The van der Waals surface area contributed by atoms with Crippen molar-refractivity contribution in [3.05, 3.63) is 34.9 Å². The van der Waals surface area contributed by atoms with Gasteiger partial charge in [-0.3, -0.25) is 4.79 Å². The molecule has 0 aliphatic rings. The molecule has 13 heavy (non-hydrogen) atoms. The summed E-state index contributed by atoms with van der Waals surface area (Å²) in [6, 6.07) is 5.67. The molecular weight excluding hydrogens is 204 g/mol. The van der Waals surface area contributed by atoms with Crippen LogP contribution in [0.4, 0.5) is 0 Å². The van der Waals surface area contributed by atoms with E-state index in [0.717, 1.165) is 23.2 Å². The van der Waals surface area contributed by atoms with Gasteiger partial charge in [0.25, 0.3) is 0 Å². The Balaban J connectivity index is 2.94. The summed E-state index contributed by atoms with van der Waals surface area (Å²) >= 11 is 4.23. The van der Waals surface area contributed by atoms with Gasteiger partial charge in [-0.05, 0) is 38.9 Å². The first-order valence-corrected chi connectivity index (χ1v) is 4.85. The minimum atomic E-state index is -0.123. The van der Waals surface area contributed by atoms with Crippen LogP contribution in [-0.4, -0.2) is 5.12 Å². The quantitative estimate of drug-likeness (QED) is 0.605. The van der Waals surface area contributed by atoms with Crippen molar-refractivity contribution in [2.75, 3.05) is 0 Å². The lowest BCUT2D eigenvalue weighted by atomic mass is 10.1. The number of hydrogen-bond acceptors (Lipinski definition) is 4. The first-order chi connectivity index (χ1) is 6.13. The summed E-state index contributed by atoms with van der Waals surface area (Å²) in [6.07, 6.45) is 0. The van der Waals surface area contributed by atoms with Crippen LogP contribution in [0.3, 0.4) is 0 Å². The van der Waals surface area contributed by atoms with Crippen molar-refractivity contribution in [2.45, 2.75) is 13.8 Å². The van der Waals surface area contributed by atoms with Gasteiger partial charge in [-0.2, -0.15) is 0 Å². The molecule has 1 rings (SSSR count). The predicted molar refractivity (Wildman–Crippen MR) is 57.9 cm³/mol. The number of benzene rings is 1. The van der Waals surface area contributed by atoms with Crippen LogP contribution in [0.15, 0.2) is 18.2 Å². The van der Waals surface area contributed by atoms with Gasteiger partial charge in [-0.1, -0.05) is 17.2 Å². The van der Waals surface area contributed by atoms with Gasteiger partial charge < -0.3 is 0 Å². The molecule has 70 valence electrons. The Labute approximate surface area is 87.5 Å². The molecule has 0 N–H and O–H groups in total. The minimum absolute atomic E-state index is 0.123. The SMILES string of the molecule is Cc1cc(C)cc(C(=O)SOS)c1. The molecule has 0 atom stereocenters. The molecule has 0 aliphatic heterocycles. The molecule has 0 fully saturated rings. The highest BCUT2D eigenvalue weighted by Crippen LogP contribution is 2.17. The zero-order chi connectivity index (χ0) is 9.84. The first kappa shape index (κ1) is 10.6. The van der Waals surface area contributed by atoms with Crippen molar-refractivity contribution >= 4 is 30.1 Å². The largest absolute Gasteiger partial charge is 0.279 e. The molecule has 2 nitrogen and oxygen atoms in total. The third-order valence-corrected chi connectivity index (χ3v) is 2.26. The molecule has 1 aromatic rings. The van der Waals surface area contributed by atoms with Gasteiger partial charge in [0.05, 0.1) is 12.0 Å². The van der Waals surface area contributed by atoms with Crippen molar-refractivity contribution in [1.82, 2.24) is 0 Å². The summed E-state index contributed by atoms with van der Waals surface area (Å²) in [5.41, 5.74) is 2.79. The molecular formula is C9H10O2S2. The van der Waals surface area contributed by atoms with Crippen LogP contribution in [0.1, 0.15) is 21.5 Å². The zero-order valence-corrected chi connectivity index (χ0v) is 9.11. The smallest absolute Gasteiger partial charge is 0.247 e. The molecule has 0 aromatic heterocycles. The third kappa shape index (κ3) is 3.06. The minimum Gasteiger partial charge on any atom is -0.279 e. The molecule has 4 heteroatoms. The second-order valence-electron chi connectivity index (χ2n) is 2.82. The highest BCUT2D eigenvalue weighted by molar-refractivity contribution is 8.14. The summed E-state index contributed by atoms with van der Waals surface area (Å²) in [7, 11) is 0. The van der Waals surface area contributed by atoms with E-state index >= 15 is 0 Å². The van der Waals surface area contributed by atoms with E-state index in [9.17, 15) is 4.79 Å². The van der Waals surface area contributed by atoms with Crippen molar-refractivity contribution in [3.8, 4) is 0 Å². The number of thiol groups is 1. The van der Waals surface area contributed by atoms with Gasteiger partial charge in [-0.15, -0.1) is 0 Å². The summed E-state index contributed by atoms with van der Waals surface area (Å²) in [5, 5.41) is -0.123. The van der Waals surface area contributed by atoms with E-state index in [1.807, 2.05) is 32.0 Å². The second kappa shape index (κ2) is 4.69. The molecule has 1 aromatic carbocycles. The predicted octanol–water partition coefficient (Wildman–Crippen LogP) is 2.95. The maximum absolute atomic E-state index is 11.3. The Morgan fingerprint density at radius 1 is 1.31 bits per heavy atom. The lowest BCUT2D eigenvalue weighted by molar-refractivity contribution is 0.108. The maximum Gasteiger partial charge on any atom is 0.247 e. The van der Waals surface area contributed by atoms with E-state index in [2.05, 4.69) is 16.5 Å². The average Bonchev–Trinajstić information content (AvgIpc) is 2.03.